The molecular weight excluding hydrogens is 560 g/mol. The summed E-state index contributed by atoms with van der Waals surface area (Å²) in [7, 11) is -0.230. The largest absolute Gasteiger partial charge is 0.496 e. The second kappa shape index (κ2) is 15.5. The van der Waals surface area contributed by atoms with E-state index >= 15 is 0 Å². The molecule has 1 aliphatic heterocycles. The number of nitrogens with zero attached hydrogens (tertiary/aromatic N) is 3. The van der Waals surface area contributed by atoms with Crippen molar-refractivity contribution in [2.24, 2.45) is 5.92 Å². The summed E-state index contributed by atoms with van der Waals surface area (Å²) in [6.07, 6.45) is 6.91. The topological polar surface area (TPSA) is 82.2 Å². The van der Waals surface area contributed by atoms with Crippen LogP contribution in [-0.4, -0.2) is 88.5 Å². The molecule has 238 valence electrons. The molecule has 43 heavy (non-hydrogen) atoms. The quantitative estimate of drug-likeness (QED) is 0.347. The Morgan fingerprint density at radius 2 is 1.70 bits per heavy atom. The maximum atomic E-state index is 14.5. The Morgan fingerprint density at radius 3 is 2.35 bits per heavy atom. The van der Waals surface area contributed by atoms with Crippen LogP contribution in [0.3, 0.4) is 0 Å². The molecule has 2 aliphatic rings. The minimum absolute atomic E-state index is 0.128. The molecule has 0 unspecified atom stereocenters. The Morgan fingerprint density at radius 1 is 1.02 bits per heavy atom. The number of amides is 1. The van der Waals surface area contributed by atoms with Gasteiger partial charge in [0.25, 0.3) is 0 Å². The standard InChI is InChI=1S/C34H52N4O4S/c1-26-23-32(42-5)27(2)28(3)33(26)43(40,41)35-31(24-29-13-8-6-9-14-29)34(39)38(25-30-15-10-7-11-16-30)18-12-17-37-21-19-36(4)20-22-37/h7,10-11,15-16,23,29,31,35H,6,8-9,12-14,17-22,24-25H2,1-5H3/t31-/m0/s1. The first kappa shape index (κ1) is 33.4. The normalized spacial score (nSPS) is 18.0. The Balaban J connectivity index is 1.59. The van der Waals surface area contributed by atoms with E-state index in [1.54, 1.807) is 20.1 Å². The summed E-state index contributed by atoms with van der Waals surface area (Å²) in [6, 6.07) is 11.0. The molecule has 1 heterocycles. The molecule has 0 aromatic heterocycles. The van der Waals surface area contributed by atoms with Gasteiger partial charge >= 0.3 is 0 Å². The zero-order valence-electron chi connectivity index (χ0n) is 26.9. The second-order valence-corrected chi connectivity index (χ2v) is 14.3. The number of likely N-dealkylation sites (N-methyl/N-ethyl adjacent to an activating group) is 1. The highest BCUT2D eigenvalue weighted by atomic mass is 32.2. The first-order chi connectivity index (χ1) is 20.6. The predicted octanol–water partition coefficient (Wildman–Crippen LogP) is 4.90. The molecule has 0 spiro atoms. The van der Waals surface area contributed by atoms with Crippen molar-refractivity contribution in [2.75, 3.05) is 53.4 Å². The van der Waals surface area contributed by atoms with E-state index < -0.39 is 16.1 Å². The Bertz CT molecular complexity index is 1300. The summed E-state index contributed by atoms with van der Waals surface area (Å²) in [4.78, 5) is 21.4. The lowest BCUT2D eigenvalue weighted by atomic mass is 9.84. The molecule has 8 nitrogen and oxygen atoms in total. The fourth-order valence-electron chi connectivity index (χ4n) is 6.70. The second-order valence-electron chi connectivity index (χ2n) is 12.6. The third-order valence-corrected chi connectivity index (χ3v) is 11.1. The van der Waals surface area contributed by atoms with E-state index in [0.717, 1.165) is 76.0 Å². The molecule has 0 bridgehead atoms. The number of nitrogens with one attached hydrogen (secondary N) is 1. The maximum Gasteiger partial charge on any atom is 0.241 e. The van der Waals surface area contributed by atoms with Crippen molar-refractivity contribution in [1.82, 2.24) is 19.4 Å². The minimum Gasteiger partial charge on any atom is -0.496 e. The molecule has 4 rings (SSSR count). The van der Waals surface area contributed by atoms with Crippen LogP contribution in [0, 0.1) is 26.7 Å². The number of hydrogen-bond acceptors (Lipinski definition) is 6. The van der Waals surface area contributed by atoms with Crippen molar-refractivity contribution in [3.8, 4) is 5.75 Å². The summed E-state index contributed by atoms with van der Waals surface area (Å²) in [5.74, 6) is 0.865. The molecule has 2 aromatic rings. The highest BCUT2D eigenvalue weighted by Crippen LogP contribution is 2.32. The molecule has 1 amide bonds. The molecule has 2 aromatic carbocycles. The Labute approximate surface area is 259 Å². The lowest BCUT2D eigenvalue weighted by Crippen LogP contribution is -2.50. The fraction of sp³-hybridized carbons (Fsp3) is 0.618. The average Bonchev–Trinajstić information content (AvgIpc) is 2.99. The van der Waals surface area contributed by atoms with Gasteiger partial charge in [-0.15, -0.1) is 0 Å². The summed E-state index contributed by atoms with van der Waals surface area (Å²) < 4.78 is 36.6. The highest BCUT2D eigenvalue weighted by molar-refractivity contribution is 7.89. The van der Waals surface area contributed by atoms with Gasteiger partial charge in [0.2, 0.25) is 15.9 Å². The number of rotatable bonds is 13. The van der Waals surface area contributed by atoms with Crippen LogP contribution < -0.4 is 9.46 Å². The van der Waals surface area contributed by atoms with Crippen molar-refractivity contribution >= 4 is 15.9 Å². The van der Waals surface area contributed by atoms with Gasteiger partial charge < -0.3 is 19.4 Å². The van der Waals surface area contributed by atoms with Crippen molar-refractivity contribution in [2.45, 2.75) is 83.2 Å². The van der Waals surface area contributed by atoms with Crippen LogP contribution in [0.2, 0.25) is 0 Å². The van der Waals surface area contributed by atoms with Crippen molar-refractivity contribution in [3.63, 3.8) is 0 Å². The van der Waals surface area contributed by atoms with Crippen LogP contribution >= 0.6 is 0 Å². The van der Waals surface area contributed by atoms with Crippen LogP contribution in [0.15, 0.2) is 41.3 Å². The molecule has 1 saturated carbocycles. The lowest BCUT2D eigenvalue weighted by Gasteiger charge is -2.34. The van der Waals surface area contributed by atoms with Gasteiger partial charge in [-0.25, -0.2) is 8.42 Å². The summed E-state index contributed by atoms with van der Waals surface area (Å²) in [5.41, 5.74) is 3.11. The van der Waals surface area contributed by atoms with Gasteiger partial charge in [0, 0.05) is 39.3 Å². The van der Waals surface area contributed by atoms with Crippen LogP contribution in [-0.2, 0) is 21.4 Å². The van der Waals surface area contributed by atoms with Crippen molar-refractivity contribution < 1.29 is 17.9 Å². The zero-order chi connectivity index (χ0) is 31.0. The van der Waals surface area contributed by atoms with Crippen LogP contribution in [0.25, 0.3) is 0 Å². The third kappa shape index (κ3) is 9.03. The van der Waals surface area contributed by atoms with Gasteiger partial charge in [-0.2, -0.15) is 4.72 Å². The Hall–Kier alpha value is -2.46. The monoisotopic (exact) mass is 612 g/mol. The number of aryl methyl sites for hydroxylation is 1. The van der Waals surface area contributed by atoms with Gasteiger partial charge in [-0.1, -0.05) is 62.4 Å². The van der Waals surface area contributed by atoms with Crippen LogP contribution in [0.5, 0.6) is 5.75 Å². The molecule has 1 N–H and O–H groups in total. The lowest BCUT2D eigenvalue weighted by molar-refractivity contribution is -0.134. The third-order valence-electron chi connectivity index (χ3n) is 9.38. The van der Waals surface area contributed by atoms with Gasteiger partial charge in [0.15, 0.2) is 0 Å². The number of carbonyl (C=O) groups excluding carboxylic acids is 1. The van der Waals surface area contributed by atoms with E-state index in [1.165, 1.54) is 6.42 Å². The zero-order valence-corrected chi connectivity index (χ0v) is 27.7. The molecule has 1 atom stereocenters. The number of carbonyl (C=O) groups is 1. The smallest absolute Gasteiger partial charge is 0.241 e. The van der Waals surface area contributed by atoms with E-state index in [4.69, 9.17) is 4.74 Å². The molecular formula is C34H52N4O4S. The number of benzene rings is 2. The molecule has 1 aliphatic carbocycles. The van der Waals surface area contributed by atoms with E-state index in [-0.39, 0.29) is 10.8 Å². The van der Waals surface area contributed by atoms with E-state index in [2.05, 4.69) is 21.6 Å². The predicted molar refractivity (Wildman–Crippen MR) is 173 cm³/mol. The number of hydrogen-bond donors (Lipinski definition) is 1. The molecule has 1 saturated heterocycles. The van der Waals surface area contributed by atoms with Gasteiger partial charge in [-0.05, 0) is 81.4 Å². The molecule has 9 heteroatoms. The first-order valence-corrected chi connectivity index (χ1v) is 17.5. The van der Waals surface area contributed by atoms with Gasteiger partial charge in [0.1, 0.15) is 11.8 Å². The summed E-state index contributed by atoms with van der Waals surface area (Å²) in [6.45, 7) is 11.6. The van der Waals surface area contributed by atoms with Crippen molar-refractivity contribution in [3.05, 3.63) is 58.7 Å². The van der Waals surface area contributed by atoms with E-state index in [0.29, 0.717) is 42.3 Å². The van der Waals surface area contributed by atoms with E-state index in [9.17, 15) is 13.2 Å². The van der Waals surface area contributed by atoms with E-state index in [1.807, 2.05) is 49.1 Å². The Kier molecular flexibility index (Phi) is 12.1. The number of ether oxygens (including phenoxy) is 1. The molecule has 2 fully saturated rings. The van der Waals surface area contributed by atoms with Gasteiger partial charge in [0.05, 0.1) is 12.0 Å². The minimum atomic E-state index is -3.98. The average molecular weight is 613 g/mol. The molecule has 0 radical (unpaired) electrons. The number of piperazine rings is 1. The summed E-state index contributed by atoms with van der Waals surface area (Å²) >= 11 is 0. The van der Waals surface area contributed by atoms with Crippen LogP contribution in [0.1, 0.15) is 67.2 Å². The SMILES string of the molecule is COc1cc(C)c(S(=O)(=O)N[C@@H](CC2CCCCC2)C(=O)N(CCCN2CCN(C)CC2)Cc2ccccc2)c(C)c1C. The highest BCUT2D eigenvalue weighted by Gasteiger charge is 2.34. The summed E-state index contributed by atoms with van der Waals surface area (Å²) in [5, 5.41) is 0. The van der Waals surface area contributed by atoms with Crippen LogP contribution in [0.4, 0.5) is 0 Å². The first-order valence-electron chi connectivity index (χ1n) is 16.0. The number of sulfonamides is 1. The number of methoxy groups -OCH3 is 1. The van der Waals surface area contributed by atoms with Gasteiger partial charge in [-0.3, -0.25) is 4.79 Å². The fourth-order valence-corrected chi connectivity index (χ4v) is 8.42. The van der Waals surface area contributed by atoms with Crippen molar-refractivity contribution in [1.29, 1.82) is 0 Å². The maximum absolute atomic E-state index is 14.5.